The van der Waals surface area contributed by atoms with E-state index in [1.54, 1.807) is 11.3 Å². The van der Waals surface area contributed by atoms with Gasteiger partial charge in [0.15, 0.2) is 0 Å². The standard InChI is InChI=1S/C16H21BrN2S/c1-3-14(18)8-12-4-5-16(15(17)9-12)19(2)10-13-6-7-20-11-13/h4-7,9,11,14H,3,8,10,18H2,1-2H3. The summed E-state index contributed by atoms with van der Waals surface area (Å²) in [6.07, 6.45) is 1.95. The van der Waals surface area contributed by atoms with Gasteiger partial charge in [0.1, 0.15) is 0 Å². The summed E-state index contributed by atoms with van der Waals surface area (Å²) in [5, 5.41) is 4.31. The van der Waals surface area contributed by atoms with E-state index in [9.17, 15) is 0 Å². The van der Waals surface area contributed by atoms with Crippen LogP contribution in [0.1, 0.15) is 24.5 Å². The van der Waals surface area contributed by atoms with Crippen LogP contribution in [0.5, 0.6) is 0 Å². The molecule has 2 N–H and O–H groups in total. The predicted octanol–water partition coefficient (Wildman–Crippen LogP) is 4.43. The molecule has 2 rings (SSSR count). The largest absolute Gasteiger partial charge is 0.369 e. The Kier molecular flexibility index (Phi) is 5.64. The SMILES string of the molecule is CCC(N)Cc1ccc(N(C)Cc2ccsc2)c(Br)c1. The lowest BCUT2D eigenvalue weighted by molar-refractivity contribution is 0.646. The first-order valence-electron chi connectivity index (χ1n) is 6.86. The highest BCUT2D eigenvalue weighted by atomic mass is 79.9. The first kappa shape index (κ1) is 15.5. The van der Waals surface area contributed by atoms with Gasteiger partial charge in [-0.3, -0.25) is 0 Å². The molecule has 1 aromatic heterocycles. The molecule has 108 valence electrons. The topological polar surface area (TPSA) is 29.3 Å². The van der Waals surface area contributed by atoms with Crippen LogP contribution in [0.3, 0.4) is 0 Å². The molecule has 0 aliphatic carbocycles. The van der Waals surface area contributed by atoms with Gasteiger partial charge in [0, 0.05) is 24.1 Å². The molecule has 0 spiro atoms. The van der Waals surface area contributed by atoms with Crippen LogP contribution in [0.4, 0.5) is 5.69 Å². The monoisotopic (exact) mass is 352 g/mol. The van der Waals surface area contributed by atoms with E-state index in [0.29, 0.717) is 0 Å². The zero-order chi connectivity index (χ0) is 14.5. The molecule has 1 unspecified atom stereocenters. The third kappa shape index (κ3) is 4.08. The van der Waals surface area contributed by atoms with Crippen LogP contribution in [-0.4, -0.2) is 13.1 Å². The molecular weight excluding hydrogens is 332 g/mol. The minimum absolute atomic E-state index is 0.247. The van der Waals surface area contributed by atoms with Gasteiger partial charge in [0.25, 0.3) is 0 Å². The van der Waals surface area contributed by atoms with E-state index in [1.165, 1.54) is 16.8 Å². The van der Waals surface area contributed by atoms with Crippen molar-refractivity contribution in [3.63, 3.8) is 0 Å². The van der Waals surface area contributed by atoms with E-state index >= 15 is 0 Å². The number of anilines is 1. The molecule has 0 saturated carbocycles. The summed E-state index contributed by atoms with van der Waals surface area (Å²) >= 11 is 5.42. The summed E-state index contributed by atoms with van der Waals surface area (Å²) in [7, 11) is 2.12. The minimum Gasteiger partial charge on any atom is -0.369 e. The number of nitrogens with two attached hydrogens (primary N) is 1. The summed E-state index contributed by atoms with van der Waals surface area (Å²) in [6, 6.07) is 8.96. The molecule has 0 saturated heterocycles. The van der Waals surface area contributed by atoms with E-state index in [0.717, 1.165) is 23.9 Å². The Hall–Kier alpha value is -0.840. The summed E-state index contributed by atoms with van der Waals surface area (Å²) < 4.78 is 1.14. The second-order valence-electron chi connectivity index (χ2n) is 5.15. The molecule has 20 heavy (non-hydrogen) atoms. The zero-order valence-corrected chi connectivity index (χ0v) is 14.4. The van der Waals surface area contributed by atoms with E-state index in [2.05, 4.69) is 69.8 Å². The summed E-state index contributed by atoms with van der Waals surface area (Å²) in [5.74, 6) is 0. The van der Waals surface area contributed by atoms with E-state index in [4.69, 9.17) is 5.73 Å². The fourth-order valence-corrected chi connectivity index (χ4v) is 3.56. The van der Waals surface area contributed by atoms with Gasteiger partial charge in [0.2, 0.25) is 0 Å². The Morgan fingerprint density at radius 3 is 2.70 bits per heavy atom. The Bertz CT molecular complexity index is 539. The summed E-state index contributed by atoms with van der Waals surface area (Å²) in [4.78, 5) is 2.26. The van der Waals surface area contributed by atoms with Gasteiger partial charge in [-0.15, -0.1) is 0 Å². The second kappa shape index (κ2) is 7.25. The van der Waals surface area contributed by atoms with Crippen molar-refractivity contribution in [3.8, 4) is 0 Å². The van der Waals surface area contributed by atoms with Crippen molar-refractivity contribution in [1.82, 2.24) is 0 Å². The maximum atomic E-state index is 6.02. The lowest BCUT2D eigenvalue weighted by Gasteiger charge is -2.21. The van der Waals surface area contributed by atoms with Crippen LogP contribution in [-0.2, 0) is 13.0 Å². The van der Waals surface area contributed by atoms with E-state index < -0.39 is 0 Å². The van der Waals surface area contributed by atoms with Crippen molar-refractivity contribution in [2.45, 2.75) is 32.4 Å². The van der Waals surface area contributed by atoms with Crippen molar-refractivity contribution in [3.05, 3.63) is 50.6 Å². The Morgan fingerprint density at radius 2 is 2.10 bits per heavy atom. The number of benzene rings is 1. The normalized spacial score (nSPS) is 12.4. The van der Waals surface area contributed by atoms with Crippen LogP contribution in [0.15, 0.2) is 39.5 Å². The van der Waals surface area contributed by atoms with Gasteiger partial charge in [-0.05, 0) is 68.9 Å². The lowest BCUT2D eigenvalue weighted by atomic mass is 10.0. The van der Waals surface area contributed by atoms with E-state index in [1.807, 2.05) is 0 Å². The molecule has 1 heterocycles. The van der Waals surface area contributed by atoms with Crippen LogP contribution < -0.4 is 10.6 Å². The number of hydrogen-bond donors (Lipinski definition) is 1. The van der Waals surface area contributed by atoms with Crippen molar-refractivity contribution >= 4 is 33.0 Å². The van der Waals surface area contributed by atoms with Gasteiger partial charge in [-0.2, -0.15) is 11.3 Å². The van der Waals surface area contributed by atoms with Crippen molar-refractivity contribution in [1.29, 1.82) is 0 Å². The van der Waals surface area contributed by atoms with E-state index in [-0.39, 0.29) is 6.04 Å². The molecule has 0 amide bonds. The smallest absolute Gasteiger partial charge is 0.0511 e. The highest BCUT2D eigenvalue weighted by Gasteiger charge is 2.09. The van der Waals surface area contributed by atoms with Crippen molar-refractivity contribution in [2.75, 3.05) is 11.9 Å². The highest BCUT2D eigenvalue weighted by molar-refractivity contribution is 9.10. The molecule has 0 radical (unpaired) electrons. The number of hydrogen-bond acceptors (Lipinski definition) is 3. The zero-order valence-electron chi connectivity index (χ0n) is 12.0. The van der Waals surface area contributed by atoms with Gasteiger partial charge in [0.05, 0.1) is 5.69 Å². The Balaban J connectivity index is 2.08. The predicted molar refractivity (Wildman–Crippen MR) is 92.5 cm³/mol. The molecule has 0 fully saturated rings. The first-order chi connectivity index (χ1) is 9.60. The third-order valence-corrected chi connectivity index (χ3v) is 4.81. The van der Waals surface area contributed by atoms with Gasteiger partial charge < -0.3 is 10.6 Å². The molecule has 2 nitrogen and oxygen atoms in total. The number of nitrogens with zero attached hydrogens (tertiary/aromatic N) is 1. The number of thiophene rings is 1. The first-order valence-corrected chi connectivity index (χ1v) is 8.60. The number of halogens is 1. The maximum absolute atomic E-state index is 6.02. The number of rotatable bonds is 6. The molecular formula is C16H21BrN2S. The average Bonchev–Trinajstić information content (AvgIpc) is 2.91. The van der Waals surface area contributed by atoms with Gasteiger partial charge in [-0.1, -0.05) is 13.0 Å². The average molecular weight is 353 g/mol. The van der Waals surface area contributed by atoms with Crippen LogP contribution in [0, 0.1) is 0 Å². The quantitative estimate of drug-likeness (QED) is 0.833. The third-order valence-electron chi connectivity index (χ3n) is 3.45. The van der Waals surface area contributed by atoms with Crippen molar-refractivity contribution < 1.29 is 0 Å². The molecule has 1 atom stereocenters. The minimum atomic E-state index is 0.247. The second-order valence-corrected chi connectivity index (χ2v) is 6.78. The maximum Gasteiger partial charge on any atom is 0.0511 e. The highest BCUT2D eigenvalue weighted by Crippen LogP contribution is 2.28. The van der Waals surface area contributed by atoms with Crippen LogP contribution in [0.25, 0.3) is 0 Å². The van der Waals surface area contributed by atoms with Crippen LogP contribution >= 0.6 is 27.3 Å². The molecule has 0 aliphatic rings. The van der Waals surface area contributed by atoms with Gasteiger partial charge >= 0.3 is 0 Å². The van der Waals surface area contributed by atoms with Crippen LogP contribution in [0.2, 0.25) is 0 Å². The molecule has 0 bridgehead atoms. The summed E-state index contributed by atoms with van der Waals surface area (Å²) in [5.41, 5.74) is 9.87. The Morgan fingerprint density at radius 1 is 1.30 bits per heavy atom. The lowest BCUT2D eigenvalue weighted by Crippen LogP contribution is -2.21. The fourth-order valence-electron chi connectivity index (χ4n) is 2.18. The molecule has 4 heteroatoms. The van der Waals surface area contributed by atoms with Crippen molar-refractivity contribution in [2.24, 2.45) is 5.73 Å². The molecule has 0 aliphatic heterocycles. The van der Waals surface area contributed by atoms with Gasteiger partial charge in [-0.25, -0.2) is 0 Å². The molecule has 1 aromatic carbocycles. The molecule has 2 aromatic rings. The summed E-state index contributed by atoms with van der Waals surface area (Å²) in [6.45, 7) is 3.05. The fraction of sp³-hybridized carbons (Fsp3) is 0.375. The Labute approximate surface area is 133 Å².